The average molecular weight is 408 g/mol. The molecule has 2 amide bonds. The van der Waals surface area contributed by atoms with Gasteiger partial charge in [0, 0.05) is 30.7 Å². The molecule has 30 heavy (non-hydrogen) atoms. The minimum Gasteiger partial charge on any atom is -0.445 e. The highest BCUT2D eigenvalue weighted by Gasteiger charge is 2.40. The molecule has 6 nitrogen and oxygen atoms in total. The zero-order chi connectivity index (χ0) is 20.9. The van der Waals surface area contributed by atoms with Gasteiger partial charge in [-0.15, -0.1) is 0 Å². The summed E-state index contributed by atoms with van der Waals surface area (Å²) in [6, 6.07) is 18.5. The maximum Gasteiger partial charge on any atom is 0.407 e. The van der Waals surface area contributed by atoms with Gasteiger partial charge in [0.15, 0.2) is 0 Å². The molecule has 4 rings (SSSR count). The van der Waals surface area contributed by atoms with Gasteiger partial charge in [-0.1, -0.05) is 42.5 Å². The molecule has 0 radical (unpaired) electrons. The minimum absolute atomic E-state index is 0.285. The summed E-state index contributed by atoms with van der Waals surface area (Å²) in [7, 11) is 0. The fourth-order valence-corrected chi connectivity index (χ4v) is 4.92. The summed E-state index contributed by atoms with van der Waals surface area (Å²) in [4.78, 5) is 26.0. The van der Waals surface area contributed by atoms with E-state index in [1.54, 1.807) is 6.07 Å². The van der Waals surface area contributed by atoms with E-state index < -0.39 is 0 Å². The fourth-order valence-electron chi connectivity index (χ4n) is 4.92. The highest BCUT2D eigenvalue weighted by Crippen LogP contribution is 2.42. The summed E-state index contributed by atoms with van der Waals surface area (Å²) < 4.78 is 5.29. The highest BCUT2D eigenvalue weighted by atomic mass is 16.5. The molecular weight excluding hydrogens is 378 g/mol. The van der Waals surface area contributed by atoms with Gasteiger partial charge >= 0.3 is 6.09 Å². The minimum atomic E-state index is -0.373. The second kappa shape index (κ2) is 9.30. The maximum atomic E-state index is 12.0. The van der Waals surface area contributed by atoms with E-state index in [9.17, 15) is 9.59 Å². The van der Waals surface area contributed by atoms with Crippen LogP contribution in [0.5, 0.6) is 0 Å². The van der Waals surface area contributed by atoms with Crippen LogP contribution in [0.2, 0.25) is 0 Å². The Morgan fingerprint density at radius 2 is 1.77 bits per heavy atom. The standard InChI is InChI=1S/C24H29N3O3/c25-23(28)19-8-4-7-18(13-19)20-14-21-9-10-22(15-20)27(21)12-11-26-24(29)30-16-17-5-2-1-3-6-17/h1-8,13,20-22H,9-12,14-16H2,(H2,25,28)(H,26,29)/t20?,21-,22+. The van der Waals surface area contributed by atoms with Gasteiger partial charge < -0.3 is 15.8 Å². The highest BCUT2D eigenvalue weighted by molar-refractivity contribution is 5.92. The number of primary amides is 1. The van der Waals surface area contributed by atoms with E-state index in [0.29, 0.717) is 30.1 Å². The van der Waals surface area contributed by atoms with Crippen molar-refractivity contribution in [2.24, 2.45) is 5.73 Å². The zero-order valence-electron chi connectivity index (χ0n) is 17.1. The second-order valence-corrected chi connectivity index (χ2v) is 8.27. The van der Waals surface area contributed by atoms with Crippen molar-refractivity contribution in [2.75, 3.05) is 13.1 Å². The van der Waals surface area contributed by atoms with Crippen LogP contribution in [0.1, 0.15) is 53.1 Å². The molecule has 2 aromatic rings. The van der Waals surface area contributed by atoms with Crippen molar-refractivity contribution in [1.82, 2.24) is 10.2 Å². The predicted octanol–water partition coefficient (Wildman–Crippen LogP) is 3.42. The van der Waals surface area contributed by atoms with E-state index in [2.05, 4.69) is 16.3 Å². The third kappa shape index (κ3) is 4.82. The molecule has 2 aromatic carbocycles. The van der Waals surface area contributed by atoms with Gasteiger partial charge in [-0.3, -0.25) is 9.69 Å². The van der Waals surface area contributed by atoms with Crippen molar-refractivity contribution in [3.63, 3.8) is 0 Å². The molecule has 1 unspecified atom stereocenters. The van der Waals surface area contributed by atoms with E-state index >= 15 is 0 Å². The number of nitrogens with zero attached hydrogens (tertiary/aromatic N) is 1. The van der Waals surface area contributed by atoms with Gasteiger partial charge in [-0.05, 0) is 54.9 Å². The van der Waals surface area contributed by atoms with E-state index in [1.807, 2.05) is 42.5 Å². The molecule has 2 aliphatic rings. The largest absolute Gasteiger partial charge is 0.445 e. The van der Waals surface area contributed by atoms with Crippen LogP contribution in [-0.4, -0.2) is 42.1 Å². The van der Waals surface area contributed by atoms with Crippen molar-refractivity contribution < 1.29 is 14.3 Å². The number of ether oxygens (including phenoxy) is 1. The van der Waals surface area contributed by atoms with Crippen molar-refractivity contribution in [2.45, 2.75) is 50.3 Å². The molecule has 0 aliphatic carbocycles. The quantitative estimate of drug-likeness (QED) is 0.737. The number of rotatable bonds is 7. The molecule has 2 bridgehead atoms. The Kier molecular flexibility index (Phi) is 6.33. The molecule has 6 heteroatoms. The van der Waals surface area contributed by atoms with Crippen molar-refractivity contribution in [3.05, 3.63) is 71.3 Å². The SMILES string of the molecule is NC(=O)c1cccc(C2C[C@H]3CC[C@@H](C2)N3CCNC(=O)OCc2ccccc2)c1. The lowest BCUT2D eigenvalue weighted by molar-refractivity contribution is 0.0999. The van der Waals surface area contributed by atoms with Crippen LogP contribution in [-0.2, 0) is 11.3 Å². The maximum absolute atomic E-state index is 12.0. The number of piperidine rings is 1. The van der Waals surface area contributed by atoms with Crippen LogP contribution < -0.4 is 11.1 Å². The van der Waals surface area contributed by atoms with Crippen LogP contribution >= 0.6 is 0 Å². The first kappa shape index (κ1) is 20.4. The van der Waals surface area contributed by atoms with Crippen LogP contribution in [0.15, 0.2) is 54.6 Å². The van der Waals surface area contributed by atoms with Crippen LogP contribution in [0.3, 0.4) is 0 Å². The first-order chi connectivity index (χ1) is 14.6. The number of carbonyl (C=O) groups is 2. The van der Waals surface area contributed by atoms with Crippen molar-refractivity contribution in [3.8, 4) is 0 Å². The number of amides is 2. The van der Waals surface area contributed by atoms with Crippen molar-refractivity contribution in [1.29, 1.82) is 0 Å². The van der Waals surface area contributed by atoms with E-state index in [-0.39, 0.29) is 18.6 Å². The second-order valence-electron chi connectivity index (χ2n) is 8.27. The van der Waals surface area contributed by atoms with Gasteiger partial charge in [0.25, 0.3) is 0 Å². The molecule has 2 aliphatic heterocycles. The molecule has 0 saturated carbocycles. The van der Waals surface area contributed by atoms with Crippen LogP contribution in [0.25, 0.3) is 0 Å². The van der Waals surface area contributed by atoms with Crippen LogP contribution in [0.4, 0.5) is 4.79 Å². The molecular formula is C24H29N3O3. The molecule has 2 heterocycles. The lowest BCUT2D eigenvalue weighted by atomic mass is 9.84. The normalized spacial score (nSPS) is 23.1. The number of alkyl carbamates (subject to hydrolysis) is 1. The number of benzene rings is 2. The van der Waals surface area contributed by atoms with E-state index in [1.165, 1.54) is 18.4 Å². The smallest absolute Gasteiger partial charge is 0.407 e. The summed E-state index contributed by atoms with van der Waals surface area (Å²) >= 11 is 0. The predicted molar refractivity (Wildman–Crippen MR) is 115 cm³/mol. The molecule has 2 fully saturated rings. The monoisotopic (exact) mass is 407 g/mol. The number of nitrogens with two attached hydrogens (primary N) is 1. The van der Waals surface area contributed by atoms with Crippen LogP contribution in [0, 0.1) is 0 Å². The Bertz CT molecular complexity index is 872. The van der Waals surface area contributed by atoms with Gasteiger partial charge in [0.2, 0.25) is 5.91 Å². The molecule has 0 aromatic heterocycles. The lowest BCUT2D eigenvalue weighted by Crippen LogP contribution is -2.46. The number of hydrogen-bond acceptors (Lipinski definition) is 4. The number of fused-ring (bicyclic) bond motifs is 2. The summed E-state index contributed by atoms with van der Waals surface area (Å²) in [6.07, 6.45) is 4.17. The first-order valence-corrected chi connectivity index (χ1v) is 10.7. The van der Waals surface area contributed by atoms with E-state index in [4.69, 9.17) is 10.5 Å². The number of nitrogens with one attached hydrogen (secondary N) is 1. The van der Waals surface area contributed by atoms with Crippen molar-refractivity contribution >= 4 is 12.0 Å². The third-order valence-corrected chi connectivity index (χ3v) is 6.38. The Morgan fingerprint density at radius 3 is 2.47 bits per heavy atom. The van der Waals surface area contributed by atoms with E-state index in [0.717, 1.165) is 24.9 Å². The summed E-state index contributed by atoms with van der Waals surface area (Å²) in [5, 5.41) is 2.88. The lowest BCUT2D eigenvalue weighted by Gasteiger charge is -2.39. The first-order valence-electron chi connectivity index (χ1n) is 10.7. The number of carbonyl (C=O) groups excluding carboxylic acids is 2. The molecule has 158 valence electrons. The molecule has 0 spiro atoms. The summed E-state index contributed by atoms with van der Waals surface area (Å²) in [5.41, 5.74) is 8.22. The molecule has 3 atom stereocenters. The Hall–Kier alpha value is -2.86. The van der Waals surface area contributed by atoms with Gasteiger partial charge in [0.1, 0.15) is 6.61 Å². The summed E-state index contributed by atoms with van der Waals surface area (Å²) in [5.74, 6) is 0.0873. The summed E-state index contributed by atoms with van der Waals surface area (Å²) in [6.45, 7) is 1.71. The Morgan fingerprint density at radius 1 is 1.03 bits per heavy atom. The molecule has 2 saturated heterocycles. The zero-order valence-corrected chi connectivity index (χ0v) is 17.1. The topological polar surface area (TPSA) is 84.7 Å². The van der Waals surface area contributed by atoms with Gasteiger partial charge in [-0.25, -0.2) is 4.79 Å². The Balaban J connectivity index is 1.25. The fraction of sp³-hybridized carbons (Fsp3) is 0.417. The Labute approximate surface area is 177 Å². The molecule has 3 N–H and O–H groups in total. The van der Waals surface area contributed by atoms with Gasteiger partial charge in [-0.2, -0.15) is 0 Å². The third-order valence-electron chi connectivity index (χ3n) is 6.38. The number of hydrogen-bond donors (Lipinski definition) is 2. The average Bonchev–Trinajstić information content (AvgIpc) is 3.00. The van der Waals surface area contributed by atoms with Gasteiger partial charge in [0.05, 0.1) is 0 Å².